The van der Waals surface area contributed by atoms with E-state index in [1.807, 2.05) is 20.8 Å². The predicted octanol–water partition coefficient (Wildman–Crippen LogP) is 2.43. The first kappa shape index (κ1) is 20.3. The Bertz CT molecular complexity index is 578. The third-order valence-corrected chi connectivity index (χ3v) is 3.92. The minimum absolute atomic E-state index is 0.136. The molecule has 1 rings (SSSR count). The molecule has 0 aliphatic rings. The lowest BCUT2D eigenvalue weighted by Crippen LogP contribution is -2.45. The highest BCUT2D eigenvalue weighted by molar-refractivity contribution is 9.10. The van der Waals surface area contributed by atoms with Crippen molar-refractivity contribution in [2.45, 2.75) is 40.2 Å². The SMILES string of the molecule is CCNC(=O)[C@H](C)NC(=O)Cc1cc(OCC)c(OCC)cc1Br. The maximum atomic E-state index is 12.2. The van der Waals surface area contributed by atoms with Crippen molar-refractivity contribution in [3.8, 4) is 11.5 Å². The van der Waals surface area contributed by atoms with Crippen LogP contribution >= 0.6 is 15.9 Å². The van der Waals surface area contributed by atoms with Crippen LogP contribution in [-0.2, 0) is 16.0 Å². The number of hydrogen-bond donors (Lipinski definition) is 2. The molecule has 0 radical (unpaired) electrons. The highest BCUT2D eigenvalue weighted by Crippen LogP contribution is 2.34. The Hall–Kier alpha value is -1.76. The van der Waals surface area contributed by atoms with Gasteiger partial charge in [-0.25, -0.2) is 0 Å². The highest BCUT2D eigenvalue weighted by atomic mass is 79.9. The molecule has 1 aromatic carbocycles. The van der Waals surface area contributed by atoms with Crippen molar-refractivity contribution in [1.29, 1.82) is 0 Å². The van der Waals surface area contributed by atoms with Gasteiger partial charge in [-0.1, -0.05) is 15.9 Å². The van der Waals surface area contributed by atoms with Crippen molar-refractivity contribution in [1.82, 2.24) is 10.6 Å². The standard InChI is InChI=1S/C17H25BrN2O4/c1-5-19-17(22)11(4)20-16(21)9-12-8-14(23-6-2)15(24-7-3)10-13(12)18/h8,10-11H,5-7,9H2,1-4H3,(H,19,22)(H,20,21)/t11-/m0/s1. The fourth-order valence-electron chi connectivity index (χ4n) is 2.11. The number of benzene rings is 1. The van der Waals surface area contributed by atoms with E-state index in [2.05, 4.69) is 26.6 Å². The van der Waals surface area contributed by atoms with Gasteiger partial charge in [0.05, 0.1) is 19.6 Å². The van der Waals surface area contributed by atoms with E-state index in [0.29, 0.717) is 31.3 Å². The quantitative estimate of drug-likeness (QED) is 0.667. The molecule has 1 aromatic rings. The molecule has 7 heteroatoms. The van der Waals surface area contributed by atoms with Crippen LogP contribution in [0.2, 0.25) is 0 Å². The van der Waals surface area contributed by atoms with Gasteiger partial charge in [-0.15, -0.1) is 0 Å². The number of halogens is 1. The van der Waals surface area contributed by atoms with Crippen molar-refractivity contribution in [2.75, 3.05) is 19.8 Å². The fourth-order valence-corrected chi connectivity index (χ4v) is 2.57. The van der Waals surface area contributed by atoms with Crippen LogP contribution in [0.4, 0.5) is 0 Å². The molecule has 0 aliphatic carbocycles. The van der Waals surface area contributed by atoms with Gasteiger partial charge in [-0.05, 0) is 45.4 Å². The van der Waals surface area contributed by atoms with E-state index in [1.165, 1.54) is 0 Å². The average molecular weight is 401 g/mol. The van der Waals surface area contributed by atoms with E-state index >= 15 is 0 Å². The molecule has 134 valence electrons. The summed E-state index contributed by atoms with van der Waals surface area (Å²) in [6.07, 6.45) is 0.136. The predicted molar refractivity (Wildman–Crippen MR) is 96.5 cm³/mol. The highest BCUT2D eigenvalue weighted by Gasteiger charge is 2.17. The third kappa shape index (κ3) is 6.03. The number of hydrogen-bond acceptors (Lipinski definition) is 4. The first-order valence-electron chi connectivity index (χ1n) is 8.07. The third-order valence-electron chi connectivity index (χ3n) is 3.19. The van der Waals surface area contributed by atoms with Gasteiger partial charge in [0.25, 0.3) is 0 Å². The summed E-state index contributed by atoms with van der Waals surface area (Å²) in [5, 5.41) is 5.36. The largest absolute Gasteiger partial charge is 0.490 e. The van der Waals surface area contributed by atoms with E-state index in [9.17, 15) is 9.59 Å². The molecule has 0 spiro atoms. The molecular formula is C17H25BrN2O4. The second-order valence-corrected chi connectivity index (χ2v) is 5.97. The van der Waals surface area contributed by atoms with Crippen LogP contribution in [0, 0.1) is 0 Å². The van der Waals surface area contributed by atoms with Crippen LogP contribution in [0.25, 0.3) is 0 Å². The minimum Gasteiger partial charge on any atom is -0.490 e. The van der Waals surface area contributed by atoms with Gasteiger partial charge >= 0.3 is 0 Å². The normalized spacial score (nSPS) is 11.5. The number of amides is 2. The molecule has 24 heavy (non-hydrogen) atoms. The van der Waals surface area contributed by atoms with E-state index in [4.69, 9.17) is 9.47 Å². The molecule has 0 bridgehead atoms. The lowest BCUT2D eigenvalue weighted by Gasteiger charge is -2.16. The first-order valence-corrected chi connectivity index (χ1v) is 8.87. The number of likely N-dealkylation sites (N-methyl/N-ethyl adjacent to an activating group) is 1. The lowest BCUT2D eigenvalue weighted by molar-refractivity contribution is -0.128. The number of carbonyl (C=O) groups excluding carboxylic acids is 2. The van der Waals surface area contributed by atoms with Gasteiger partial charge in [0.1, 0.15) is 6.04 Å². The van der Waals surface area contributed by atoms with E-state index < -0.39 is 6.04 Å². The molecule has 2 amide bonds. The smallest absolute Gasteiger partial charge is 0.242 e. The molecule has 2 N–H and O–H groups in total. The van der Waals surface area contributed by atoms with Crippen LogP contribution in [0.3, 0.4) is 0 Å². The summed E-state index contributed by atoms with van der Waals surface area (Å²) in [4.78, 5) is 23.9. The molecule has 6 nitrogen and oxygen atoms in total. The fraction of sp³-hybridized carbons (Fsp3) is 0.529. The minimum atomic E-state index is -0.578. The number of rotatable bonds is 9. The molecular weight excluding hydrogens is 376 g/mol. The Balaban J connectivity index is 2.84. The Morgan fingerprint density at radius 3 is 2.25 bits per heavy atom. The summed E-state index contributed by atoms with van der Waals surface area (Å²) in [6.45, 7) is 8.82. The van der Waals surface area contributed by atoms with Crippen LogP contribution in [0.1, 0.15) is 33.3 Å². The summed E-state index contributed by atoms with van der Waals surface area (Å²) in [6, 6.07) is 3.00. The van der Waals surface area contributed by atoms with E-state index in [-0.39, 0.29) is 18.2 Å². The molecule has 0 fully saturated rings. The molecule has 0 heterocycles. The molecule has 0 saturated heterocycles. The topological polar surface area (TPSA) is 76.7 Å². The second-order valence-electron chi connectivity index (χ2n) is 5.12. The zero-order valence-corrected chi connectivity index (χ0v) is 16.2. The van der Waals surface area contributed by atoms with Gasteiger partial charge in [0.15, 0.2) is 11.5 Å². The Labute approximate surface area is 151 Å². The van der Waals surface area contributed by atoms with Gasteiger partial charge in [0, 0.05) is 11.0 Å². The van der Waals surface area contributed by atoms with Gasteiger partial charge in [-0.3, -0.25) is 9.59 Å². The summed E-state index contributed by atoms with van der Waals surface area (Å²) in [5.41, 5.74) is 0.766. The van der Waals surface area contributed by atoms with Gasteiger partial charge in [0.2, 0.25) is 11.8 Å². The Kier molecular flexibility index (Phi) is 8.60. The van der Waals surface area contributed by atoms with Crippen molar-refractivity contribution < 1.29 is 19.1 Å². The van der Waals surface area contributed by atoms with Crippen LogP contribution < -0.4 is 20.1 Å². The van der Waals surface area contributed by atoms with Gasteiger partial charge < -0.3 is 20.1 Å². The zero-order chi connectivity index (χ0) is 18.1. The lowest BCUT2D eigenvalue weighted by atomic mass is 10.1. The molecule has 0 aromatic heterocycles. The monoisotopic (exact) mass is 400 g/mol. The Morgan fingerprint density at radius 2 is 1.71 bits per heavy atom. The Morgan fingerprint density at radius 1 is 1.12 bits per heavy atom. The first-order chi connectivity index (χ1) is 11.4. The van der Waals surface area contributed by atoms with Crippen LogP contribution in [0.15, 0.2) is 16.6 Å². The number of carbonyl (C=O) groups is 2. The molecule has 0 unspecified atom stereocenters. The number of nitrogens with one attached hydrogen (secondary N) is 2. The number of ether oxygens (including phenoxy) is 2. The van der Waals surface area contributed by atoms with Gasteiger partial charge in [-0.2, -0.15) is 0 Å². The summed E-state index contributed by atoms with van der Waals surface area (Å²) in [5.74, 6) is 0.792. The zero-order valence-electron chi connectivity index (χ0n) is 14.6. The molecule has 0 aliphatic heterocycles. The second kappa shape index (κ2) is 10.2. The summed E-state index contributed by atoms with van der Waals surface area (Å²) < 4.78 is 11.9. The molecule has 1 atom stereocenters. The van der Waals surface area contributed by atoms with Crippen molar-refractivity contribution >= 4 is 27.7 Å². The average Bonchev–Trinajstić information content (AvgIpc) is 2.52. The van der Waals surface area contributed by atoms with Crippen molar-refractivity contribution in [3.63, 3.8) is 0 Å². The maximum absolute atomic E-state index is 12.2. The summed E-state index contributed by atoms with van der Waals surface area (Å²) >= 11 is 3.46. The van der Waals surface area contributed by atoms with Crippen LogP contribution in [0.5, 0.6) is 11.5 Å². The summed E-state index contributed by atoms with van der Waals surface area (Å²) in [7, 11) is 0. The van der Waals surface area contributed by atoms with Crippen molar-refractivity contribution in [2.24, 2.45) is 0 Å². The maximum Gasteiger partial charge on any atom is 0.242 e. The van der Waals surface area contributed by atoms with E-state index in [1.54, 1.807) is 19.1 Å². The van der Waals surface area contributed by atoms with E-state index in [0.717, 1.165) is 10.0 Å². The van der Waals surface area contributed by atoms with Crippen LogP contribution in [-0.4, -0.2) is 37.6 Å². The molecule has 0 saturated carbocycles. The van der Waals surface area contributed by atoms with Crippen molar-refractivity contribution in [3.05, 3.63) is 22.2 Å².